The zero-order valence-corrected chi connectivity index (χ0v) is 37.1. The second-order valence-electron chi connectivity index (χ2n) is 15.4. The summed E-state index contributed by atoms with van der Waals surface area (Å²) in [5.41, 5.74) is 19.4. The Bertz CT molecular complexity index is 1200. The smallest absolute Gasteiger partial charge is 0.493 e. The molecule has 2 aromatic rings. The Morgan fingerprint density at radius 1 is 0.463 bits per heavy atom. The predicted molar refractivity (Wildman–Crippen MR) is 238 cm³/mol. The molecular weight excluding hydrogens is 699 g/mol. The largest absolute Gasteiger partial charge is 2.00 e. The van der Waals surface area contributed by atoms with Crippen LogP contribution in [0.1, 0.15) is 224 Å². The standard InChI is InChI=1S/C33H46N2.2C9H19.Ni/c1-4-7-10-11-12-14-16-27-21-23-29(24-22-27)33-31(19-9-6-3)26-32(35(33)34)30-20-15-18-28(25-30)17-13-8-5-2;2*1-3-5-7-9-8-6-4-2;/h15,18,20-26H,4-14,16-17,19H2,1-3H3;2*1,3-9H2,2H3;/q;2*-1;+2. The van der Waals surface area contributed by atoms with Crippen LogP contribution in [0.2, 0.25) is 0 Å². The molecule has 3 heteroatoms. The molecule has 0 saturated carbocycles. The van der Waals surface area contributed by atoms with E-state index in [-0.39, 0.29) is 16.5 Å². The third-order valence-electron chi connectivity index (χ3n) is 10.4. The van der Waals surface area contributed by atoms with E-state index in [1.165, 1.54) is 156 Å². The summed E-state index contributed by atoms with van der Waals surface area (Å²) in [7, 11) is 0. The SMILES string of the molecule is CCCCCCCCc1ccc(C2=C(CCCC)C=C(c3cccc(CCCCC)c3)[N+]2=[N-])cc1.[CH2-]CCCCCCCC.[CH2-]CCCCCCCC.[Ni+2]. The fourth-order valence-corrected chi connectivity index (χ4v) is 6.94. The normalized spacial score (nSPS) is 12.1. The molecule has 308 valence electrons. The molecule has 0 unspecified atom stereocenters. The second kappa shape index (κ2) is 36.6. The van der Waals surface area contributed by atoms with Crippen molar-refractivity contribution in [3.8, 4) is 0 Å². The number of unbranched alkanes of at least 4 members (excludes halogenated alkanes) is 20. The molecule has 0 aliphatic carbocycles. The van der Waals surface area contributed by atoms with E-state index in [4.69, 9.17) is 0 Å². The zero-order valence-electron chi connectivity index (χ0n) is 36.1. The average Bonchev–Trinajstić information content (AvgIpc) is 3.51. The molecule has 2 nitrogen and oxygen atoms in total. The fraction of sp³-hybridized carbons (Fsp3) is 0.647. The van der Waals surface area contributed by atoms with Crippen LogP contribution < -0.4 is 0 Å². The van der Waals surface area contributed by atoms with E-state index in [0.29, 0.717) is 0 Å². The van der Waals surface area contributed by atoms with Crippen LogP contribution in [0.25, 0.3) is 16.9 Å². The molecular formula is C51H84N2Ni. The monoisotopic (exact) mass is 783 g/mol. The first-order valence-electron chi connectivity index (χ1n) is 22.7. The van der Waals surface area contributed by atoms with Crippen molar-refractivity contribution in [2.45, 2.75) is 214 Å². The Balaban J connectivity index is 0.00000122. The van der Waals surface area contributed by atoms with Gasteiger partial charge in [0.2, 0.25) is 11.4 Å². The molecule has 1 heterocycles. The van der Waals surface area contributed by atoms with Crippen LogP contribution in [-0.2, 0) is 29.3 Å². The molecule has 54 heavy (non-hydrogen) atoms. The Labute approximate surface area is 347 Å². The van der Waals surface area contributed by atoms with Crippen molar-refractivity contribution in [1.82, 2.24) is 0 Å². The van der Waals surface area contributed by atoms with Crippen molar-refractivity contribution in [2.75, 3.05) is 0 Å². The summed E-state index contributed by atoms with van der Waals surface area (Å²) in [5.74, 6) is 0. The van der Waals surface area contributed by atoms with E-state index >= 15 is 0 Å². The van der Waals surface area contributed by atoms with Gasteiger partial charge in [0.15, 0.2) is 0 Å². The van der Waals surface area contributed by atoms with Crippen LogP contribution in [0.3, 0.4) is 0 Å². The van der Waals surface area contributed by atoms with Gasteiger partial charge in [-0.25, -0.2) is 4.70 Å². The van der Waals surface area contributed by atoms with Gasteiger partial charge in [0.05, 0.1) is 0 Å². The number of nitrogens with zero attached hydrogens (tertiary/aromatic N) is 2. The van der Waals surface area contributed by atoms with Gasteiger partial charge in [-0.05, 0) is 73.9 Å². The quantitative estimate of drug-likeness (QED) is 0.0355. The molecule has 3 rings (SSSR count). The molecule has 0 N–H and O–H groups in total. The number of aryl methyl sites for hydroxylation is 2. The van der Waals surface area contributed by atoms with Crippen molar-refractivity contribution >= 4 is 11.4 Å². The Hall–Kier alpha value is -1.99. The average molecular weight is 784 g/mol. The van der Waals surface area contributed by atoms with E-state index in [1.807, 2.05) is 0 Å². The minimum Gasteiger partial charge on any atom is -0.493 e. The van der Waals surface area contributed by atoms with Gasteiger partial charge in [0.1, 0.15) is 0 Å². The summed E-state index contributed by atoms with van der Waals surface area (Å²) in [4.78, 5) is 0. The second-order valence-corrected chi connectivity index (χ2v) is 15.4. The Morgan fingerprint density at radius 3 is 1.43 bits per heavy atom. The molecule has 0 amide bonds. The number of hydrogen-bond donors (Lipinski definition) is 0. The van der Waals surface area contributed by atoms with Gasteiger partial charge in [-0.1, -0.05) is 187 Å². The van der Waals surface area contributed by atoms with Crippen LogP contribution in [-0.4, -0.2) is 4.70 Å². The molecule has 2 aromatic carbocycles. The van der Waals surface area contributed by atoms with Gasteiger partial charge in [0, 0.05) is 22.8 Å². The number of rotatable bonds is 28. The van der Waals surface area contributed by atoms with Crippen molar-refractivity contribution in [3.63, 3.8) is 0 Å². The third kappa shape index (κ3) is 23.8. The van der Waals surface area contributed by atoms with Crippen LogP contribution in [0.5, 0.6) is 0 Å². The van der Waals surface area contributed by atoms with Crippen LogP contribution in [0.4, 0.5) is 0 Å². The van der Waals surface area contributed by atoms with Crippen molar-refractivity contribution in [1.29, 1.82) is 0 Å². The van der Waals surface area contributed by atoms with Crippen LogP contribution >= 0.6 is 0 Å². The van der Waals surface area contributed by atoms with E-state index in [2.05, 4.69) is 103 Å². The maximum Gasteiger partial charge on any atom is 2.00 e. The first kappa shape index (κ1) is 52.0. The third-order valence-corrected chi connectivity index (χ3v) is 10.4. The maximum absolute atomic E-state index is 11.4. The summed E-state index contributed by atoms with van der Waals surface area (Å²) in [6.07, 6.45) is 38.3. The maximum atomic E-state index is 11.4. The zero-order chi connectivity index (χ0) is 38.8. The van der Waals surface area contributed by atoms with Gasteiger partial charge < -0.3 is 19.4 Å². The minimum absolute atomic E-state index is 0. The first-order chi connectivity index (χ1) is 26.0. The van der Waals surface area contributed by atoms with E-state index < -0.39 is 0 Å². The van der Waals surface area contributed by atoms with Gasteiger partial charge in [0.25, 0.3) is 0 Å². The van der Waals surface area contributed by atoms with Gasteiger partial charge in [-0.3, -0.25) is 0 Å². The molecule has 1 aliphatic heterocycles. The van der Waals surface area contributed by atoms with Crippen molar-refractivity contribution in [2.24, 2.45) is 0 Å². The molecule has 0 fully saturated rings. The fourth-order valence-electron chi connectivity index (χ4n) is 6.94. The molecule has 0 bridgehead atoms. The van der Waals surface area contributed by atoms with E-state index in [1.54, 1.807) is 0 Å². The molecule has 0 saturated heterocycles. The molecule has 0 radical (unpaired) electrons. The van der Waals surface area contributed by atoms with Crippen molar-refractivity contribution in [3.05, 3.63) is 102 Å². The van der Waals surface area contributed by atoms with Crippen molar-refractivity contribution < 1.29 is 21.2 Å². The van der Waals surface area contributed by atoms with Crippen LogP contribution in [0.15, 0.2) is 60.2 Å². The summed E-state index contributed by atoms with van der Waals surface area (Å²) in [5, 5.41) is 0. The predicted octanol–water partition coefficient (Wildman–Crippen LogP) is 17.5. The summed E-state index contributed by atoms with van der Waals surface area (Å²) in [6, 6.07) is 17.6. The number of benzene rings is 2. The van der Waals surface area contributed by atoms with Gasteiger partial charge in [-0.2, -0.15) is 12.8 Å². The molecule has 1 aliphatic rings. The van der Waals surface area contributed by atoms with E-state index in [0.717, 1.165) is 67.5 Å². The number of allylic oxidation sites excluding steroid dienone is 2. The first-order valence-corrected chi connectivity index (χ1v) is 22.7. The molecule has 0 atom stereocenters. The Kier molecular flexibility index (Phi) is 35.3. The topological polar surface area (TPSA) is 25.3 Å². The van der Waals surface area contributed by atoms with E-state index in [9.17, 15) is 5.53 Å². The molecule has 0 aromatic heterocycles. The van der Waals surface area contributed by atoms with Gasteiger partial charge >= 0.3 is 16.5 Å². The molecule has 0 spiro atoms. The summed E-state index contributed by atoms with van der Waals surface area (Å²) >= 11 is 0. The number of hydrogen-bond acceptors (Lipinski definition) is 0. The summed E-state index contributed by atoms with van der Waals surface area (Å²) in [6.45, 7) is 18.9. The van der Waals surface area contributed by atoms with Gasteiger partial charge in [-0.15, -0.1) is 0 Å². The Morgan fingerprint density at radius 2 is 0.907 bits per heavy atom. The summed E-state index contributed by atoms with van der Waals surface area (Å²) < 4.78 is 1.44. The van der Waals surface area contributed by atoms with Crippen LogP contribution in [0, 0.1) is 13.8 Å². The minimum atomic E-state index is 0.